The Bertz CT molecular complexity index is 550. The maximum Gasteiger partial charge on any atom is 0.119 e. The van der Waals surface area contributed by atoms with Gasteiger partial charge in [-0.3, -0.25) is 9.97 Å². The van der Waals surface area contributed by atoms with Crippen LogP contribution in [0.15, 0.2) is 30.5 Å². The Morgan fingerprint density at radius 1 is 1.22 bits per heavy atom. The van der Waals surface area contributed by atoms with E-state index in [0.717, 1.165) is 28.4 Å². The molecule has 18 heavy (non-hydrogen) atoms. The van der Waals surface area contributed by atoms with Crippen molar-refractivity contribution in [2.45, 2.75) is 26.7 Å². The van der Waals surface area contributed by atoms with Crippen molar-refractivity contribution in [1.29, 1.82) is 0 Å². The van der Waals surface area contributed by atoms with Gasteiger partial charge < -0.3 is 4.74 Å². The maximum absolute atomic E-state index is 5.25. The third-order valence-corrected chi connectivity index (χ3v) is 2.81. The lowest BCUT2D eigenvalue weighted by molar-refractivity contribution is 0.415. The number of benzene rings is 1. The van der Waals surface area contributed by atoms with Crippen LogP contribution < -0.4 is 4.74 Å². The van der Waals surface area contributed by atoms with E-state index >= 15 is 0 Å². The number of aromatic nitrogens is 2. The van der Waals surface area contributed by atoms with Gasteiger partial charge in [0, 0.05) is 11.8 Å². The zero-order valence-corrected chi connectivity index (χ0v) is 11.3. The highest BCUT2D eigenvalue weighted by molar-refractivity contribution is 5.64. The van der Waals surface area contributed by atoms with Gasteiger partial charge in [0.2, 0.25) is 0 Å². The molecule has 0 bridgehead atoms. The van der Waals surface area contributed by atoms with Crippen LogP contribution in [0.5, 0.6) is 5.75 Å². The number of nitrogens with zero attached hydrogens (tertiary/aromatic N) is 2. The van der Waals surface area contributed by atoms with Crippen LogP contribution in [0.25, 0.3) is 11.3 Å². The molecule has 3 heteroatoms. The highest BCUT2D eigenvalue weighted by atomic mass is 16.5. The minimum atomic E-state index is 0.346. The van der Waals surface area contributed by atoms with Crippen LogP contribution in [0, 0.1) is 6.92 Å². The highest BCUT2D eigenvalue weighted by Gasteiger charge is 2.12. The lowest BCUT2D eigenvalue weighted by Gasteiger charge is -2.12. The average Bonchev–Trinajstić information content (AvgIpc) is 2.38. The van der Waals surface area contributed by atoms with E-state index in [4.69, 9.17) is 4.74 Å². The Morgan fingerprint density at radius 2 is 2.00 bits per heavy atom. The number of methoxy groups -OCH3 is 1. The lowest BCUT2D eigenvalue weighted by Crippen LogP contribution is -2.01. The highest BCUT2D eigenvalue weighted by Crippen LogP contribution is 2.28. The number of ether oxygens (including phenoxy) is 1. The minimum absolute atomic E-state index is 0.346. The van der Waals surface area contributed by atoms with Gasteiger partial charge in [-0.1, -0.05) is 26.0 Å². The molecule has 0 atom stereocenters. The zero-order chi connectivity index (χ0) is 13.1. The van der Waals surface area contributed by atoms with Crippen molar-refractivity contribution < 1.29 is 4.74 Å². The quantitative estimate of drug-likeness (QED) is 0.825. The van der Waals surface area contributed by atoms with Crippen molar-refractivity contribution in [1.82, 2.24) is 9.97 Å². The molecule has 0 radical (unpaired) electrons. The molecule has 0 aliphatic rings. The first-order valence-corrected chi connectivity index (χ1v) is 6.09. The summed E-state index contributed by atoms with van der Waals surface area (Å²) in [6.45, 7) is 6.23. The summed E-state index contributed by atoms with van der Waals surface area (Å²) in [7, 11) is 1.67. The first kappa shape index (κ1) is 12.6. The average molecular weight is 242 g/mol. The Morgan fingerprint density at radius 3 is 2.67 bits per heavy atom. The summed E-state index contributed by atoms with van der Waals surface area (Å²) < 4.78 is 5.25. The van der Waals surface area contributed by atoms with Gasteiger partial charge in [0.05, 0.1) is 24.2 Å². The number of hydrogen-bond donors (Lipinski definition) is 0. The molecular weight excluding hydrogens is 224 g/mol. The van der Waals surface area contributed by atoms with E-state index in [-0.39, 0.29) is 0 Å². The molecule has 0 spiro atoms. The first-order chi connectivity index (χ1) is 8.61. The van der Waals surface area contributed by atoms with Crippen LogP contribution in [0.1, 0.15) is 31.2 Å². The van der Waals surface area contributed by atoms with E-state index in [0.29, 0.717) is 5.92 Å². The van der Waals surface area contributed by atoms with E-state index in [1.165, 1.54) is 0 Å². The van der Waals surface area contributed by atoms with Crippen molar-refractivity contribution in [2.24, 2.45) is 0 Å². The van der Waals surface area contributed by atoms with Crippen molar-refractivity contribution >= 4 is 0 Å². The standard InChI is InChI=1S/C15H18N2O/c1-10(2)14-15(16-9-11(3)17-14)12-6-5-7-13(8-12)18-4/h5-10H,1-4H3. The van der Waals surface area contributed by atoms with Crippen LogP contribution >= 0.6 is 0 Å². The second kappa shape index (κ2) is 5.17. The summed E-state index contributed by atoms with van der Waals surface area (Å²) >= 11 is 0. The summed E-state index contributed by atoms with van der Waals surface area (Å²) in [6.07, 6.45) is 1.81. The molecule has 0 saturated heterocycles. The molecule has 2 aromatic rings. The topological polar surface area (TPSA) is 35.0 Å². The third kappa shape index (κ3) is 2.50. The monoisotopic (exact) mass is 242 g/mol. The first-order valence-electron chi connectivity index (χ1n) is 6.09. The van der Waals surface area contributed by atoms with Gasteiger partial charge in [-0.15, -0.1) is 0 Å². The van der Waals surface area contributed by atoms with Gasteiger partial charge in [0.1, 0.15) is 5.75 Å². The van der Waals surface area contributed by atoms with Gasteiger partial charge in [-0.2, -0.15) is 0 Å². The van der Waals surface area contributed by atoms with Gasteiger partial charge in [0.25, 0.3) is 0 Å². The molecule has 1 aromatic heterocycles. The van der Waals surface area contributed by atoms with E-state index < -0.39 is 0 Å². The number of rotatable bonds is 3. The molecule has 1 heterocycles. The minimum Gasteiger partial charge on any atom is -0.497 e. The molecule has 0 fully saturated rings. The molecular formula is C15H18N2O. The molecule has 94 valence electrons. The predicted octanol–water partition coefficient (Wildman–Crippen LogP) is 3.58. The summed E-state index contributed by atoms with van der Waals surface area (Å²) in [5.74, 6) is 1.18. The second-order valence-corrected chi connectivity index (χ2v) is 4.63. The predicted molar refractivity (Wildman–Crippen MR) is 72.8 cm³/mol. The van der Waals surface area contributed by atoms with Crippen molar-refractivity contribution in [3.05, 3.63) is 41.9 Å². The van der Waals surface area contributed by atoms with Crippen LogP contribution in [-0.4, -0.2) is 17.1 Å². The number of hydrogen-bond acceptors (Lipinski definition) is 3. The van der Waals surface area contributed by atoms with Crippen molar-refractivity contribution in [3.8, 4) is 17.0 Å². The Kier molecular flexibility index (Phi) is 3.60. The van der Waals surface area contributed by atoms with E-state index in [9.17, 15) is 0 Å². The smallest absolute Gasteiger partial charge is 0.119 e. The molecule has 0 aliphatic heterocycles. The molecule has 2 rings (SSSR count). The fourth-order valence-electron chi connectivity index (χ4n) is 1.89. The molecule has 1 aromatic carbocycles. The van der Waals surface area contributed by atoms with Gasteiger partial charge >= 0.3 is 0 Å². The van der Waals surface area contributed by atoms with Crippen LogP contribution in [0.4, 0.5) is 0 Å². The summed E-state index contributed by atoms with van der Waals surface area (Å²) in [5, 5.41) is 0. The van der Waals surface area contributed by atoms with Gasteiger partial charge in [0.15, 0.2) is 0 Å². The van der Waals surface area contributed by atoms with Crippen molar-refractivity contribution in [3.63, 3.8) is 0 Å². The summed E-state index contributed by atoms with van der Waals surface area (Å²) in [6, 6.07) is 7.93. The molecule has 0 aliphatic carbocycles. The van der Waals surface area contributed by atoms with Crippen LogP contribution in [0.2, 0.25) is 0 Å². The molecule has 0 saturated carbocycles. The van der Waals surface area contributed by atoms with Crippen molar-refractivity contribution in [2.75, 3.05) is 7.11 Å². The fourth-order valence-corrected chi connectivity index (χ4v) is 1.89. The lowest BCUT2D eigenvalue weighted by atomic mass is 10.0. The van der Waals surface area contributed by atoms with Gasteiger partial charge in [-0.05, 0) is 25.0 Å². The Hall–Kier alpha value is -1.90. The Labute approximate surface area is 108 Å². The normalized spacial score (nSPS) is 10.7. The van der Waals surface area contributed by atoms with Crippen LogP contribution in [-0.2, 0) is 0 Å². The third-order valence-electron chi connectivity index (χ3n) is 2.81. The fraction of sp³-hybridized carbons (Fsp3) is 0.333. The van der Waals surface area contributed by atoms with Gasteiger partial charge in [-0.25, -0.2) is 0 Å². The molecule has 0 amide bonds. The number of aryl methyl sites for hydroxylation is 1. The Balaban J connectivity index is 2.55. The molecule has 3 nitrogen and oxygen atoms in total. The molecule has 0 unspecified atom stereocenters. The van der Waals surface area contributed by atoms with Crippen LogP contribution in [0.3, 0.4) is 0 Å². The largest absolute Gasteiger partial charge is 0.497 e. The maximum atomic E-state index is 5.25. The van der Waals surface area contributed by atoms with E-state index in [1.54, 1.807) is 13.3 Å². The summed E-state index contributed by atoms with van der Waals surface area (Å²) in [4.78, 5) is 9.13. The zero-order valence-electron chi connectivity index (χ0n) is 11.3. The van der Waals surface area contributed by atoms with E-state index in [2.05, 4.69) is 23.8 Å². The van der Waals surface area contributed by atoms with E-state index in [1.807, 2.05) is 31.2 Å². The molecule has 0 N–H and O–H groups in total. The SMILES string of the molecule is COc1cccc(-c2ncc(C)nc2C(C)C)c1. The summed E-state index contributed by atoms with van der Waals surface area (Å²) in [5.41, 5.74) is 3.97. The second-order valence-electron chi connectivity index (χ2n) is 4.63.